The number of hydrogen-bond donors (Lipinski definition) is 2. The monoisotopic (exact) mass is 368 g/mol. The number of pyridine rings is 1. The number of nitrogens with one attached hydrogen (secondary N) is 2. The van der Waals surface area contributed by atoms with Gasteiger partial charge in [-0.25, -0.2) is 14.8 Å². The molecule has 0 atom stereocenters. The number of fused-ring (bicyclic) bond motifs is 1. The zero-order valence-corrected chi connectivity index (χ0v) is 15.7. The highest BCUT2D eigenvalue weighted by Gasteiger charge is 2.21. The summed E-state index contributed by atoms with van der Waals surface area (Å²) in [4.78, 5) is 37.6. The van der Waals surface area contributed by atoms with Crippen LogP contribution >= 0.6 is 0 Å². The van der Waals surface area contributed by atoms with Crippen LogP contribution in [0.25, 0.3) is 22.6 Å². The minimum atomic E-state index is -0.317. The lowest BCUT2D eigenvalue weighted by atomic mass is 10.2. The van der Waals surface area contributed by atoms with E-state index in [1.165, 1.54) is 17.4 Å². The van der Waals surface area contributed by atoms with Crippen LogP contribution in [-0.4, -0.2) is 30.1 Å². The maximum Gasteiger partial charge on any atom is 0.332 e. The van der Waals surface area contributed by atoms with Crippen molar-refractivity contribution in [2.24, 2.45) is 0 Å². The lowest BCUT2D eigenvalue weighted by molar-refractivity contribution is 0.555. The van der Waals surface area contributed by atoms with Gasteiger partial charge in [0.15, 0.2) is 5.65 Å². The van der Waals surface area contributed by atoms with Gasteiger partial charge < -0.3 is 10.3 Å². The molecule has 0 amide bonds. The van der Waals surface area contributed by atoms with Gasteiger partial charge >= 0.3 is 5.69 Å². The van der Waals surface area contributed by atoms with Crippen molar-refractivity contribution in [1.29, 1.82) is 0 Å². The Morgan fingerprint density at radius 1 is 1.15 bits per heavy atom. The molecule has 0 bridgehead atoms. The first-order valence-electron chi connectivity index (χ1n) is 9.58. The van der Waals surface area contributed by atoms with Gasteiger partial charge in [0.25, 0.3) is 5.56 Å². The number of rotatable bonds is 7. The van der Waals surface area contributed by atoms with Gasteiger partial charge in [-0.3, -0.25) is 13.9 Å². The van der Waals surface area contributed by atoms with E-state index in [1.807, 2.05) is 26.0 Å². The van der Waals surface area contributed by atoms with Crippen molar-refractivity contribution in [3.05, 3.63) is 39.2 Å². The minimum Gasteiger partial charge on any atom is -0.367 e. The Kier molecular flexibility index (Phi) is 4.55. The van der Waals surface area contributed by atoms with E-state index in [0.717, 1.165) is 17.8 Å². The largest absolute Gasteiger partial charge is 0.367 e. The average Bonchev–Trinajstić information content (AvgIpc) is 3.37. The first-order valence-corrected chi connectivity index (χ1v) is 9.58. The van der Waals surface area contributed by atoms with Crippen LogP contribution in [0.4, 0.5) is 5.82 Å². The van der Waals surface area contributed by atoms with Crippen molar-refractivity contribution >= 4 is 17.0 Å². The third kappa shape index (κ3) is 3.27. The molecule has 0 saturated heterocycles. The van der Waals surface area contributed by atoms with Crippen LogP contribution in [0.2, 0.25) is 0 Å². The first-order chi connectivity index (χ1) is 13.1. The van der Waals surface area contributed by atoms with Crippen LogP contribution < -0.4 is 16.6 Å². The molecule has 1 fully saturated rings. The molecule has 3 heterocycles. The van der Waals surface area contributed by atoms with E-state index in [0.29, 0.717) is 42.5 Å². The molecule has 8 heteroatoms. The maximum absolute atomic E-state index is 12.8. The normalized spacial score (nSPS) is 14.0. The molecular weight excluding hydrogens is 344 g/mol. The number of anilines is 1. The molecule has 0 aromatic carbocycles. The molecule has 27 heavy (non-hydrogen) atoms. The second-order valence-corrected chi connectivity index (χ2v) is 7.03. The van der Waals surface area contributed by atoms with E-state index < -0.39 is 0 Å². The highest BCUT2D eigenvalue weighted by atomic mass is 16.2. The molecule has 4 rings (SSSR count). The summed E-state index contributed by atoms with van der Waals surface area (Å²) in [5.74, 6) is 1.39. The van der Waals surface area contributed by atoms with Gasteiger partial charge in [0, 0.05) is 30.9 Å². The summed E-state index contributed by atoms with van der Waals surface area (Å²) < 4.78 is 2.88. The van der Waals surface area contributed by atoms with Crippen LogP contribution in [0, 0.1) is 0 Å². The van der Waals surface area contributed by atoms with Gasteiger partial charge in [0.1, 0.15) is 17.2 Å². The zero-order chi connectivity index (χ0) is 19.0. The summed E-state index contributed by atoms with van der Waals surface area (Å²) in [5.41, 5.74) is 0.949. The fourth-order valence-corrected chi connectivity index (χ4v) is 3.21. The van der Waals surface area contributed by atoms with Gasteiger partial charge in [-0.05, 0) is 37.8 Å². The lowest BCUT2D eigenvalue weighted by Crippen LogP contribution is -2.40. The molecule has 1 saturated carbocycles. The van der Waals surface area contributed by atoms with Crippen LogP contribution in [0.15, 0.2) is 27.9 Å². The van der Waals surface area contributed by atoms with Crippen molar-refractivity contribution in [3.8, 4) is 11.4 Å². The first kappa shape index (κ1) is 17.5. The van der Waals surface area contributed by atoms with Crippen LogP contribution in [0.5, 0.6) is 0 Å². The Morgan fingerprint density at radius 3 is 2.52 bits per heavy atom. The number of aryl methyl sites for hydroxylation is 1. The molecule has 2 N–H and O–H groups in total. The molecule has 3 aromatic heterocycles. The van der Waals surface area contributed by atoms with Crippen molar-refractivity contribution in [3.63, 3.8) is 0 Å². The Hall–Kier alpha value is -2.90. The summed E-state index contributed by atoms with van der Waals surface area (Å²) in [7, 11) is 0. The lowest BCUT2D eigenvalue weighted by Gasteiger charge is -2.09. The third-order valence-corrected chi connectivity index (χ3v) is 4.72. The van der Waals surface area contributed by atoms with Gasteiger partial charge in [0.05, 0.1) is 0 Å². The number of hydrogen-bond acceptors (Lipinski definition) is 5. The second-order valence-electron chi connectivity index (χ2n) is 7.03. The van der Waals surface area contributed by atoms with Crippen molar-refractivity contribution < 1.29 is 0 Å². The number of aromatic nitrogens is 5. The summed E-state index contributed by atoms with van der Waals surface area (Å²) in [6.45, 7) is 4.86. The fraction of sp³-hybridized carbons (Fsp3) is 0.474. The van der Waals surface area contributed by atoms with Gasteiger partial charge in [-0.15, -0.1) is 0 Å². The third-order valence-electron chi connectivity index (χ3n) is 4.72. The molecule has 0 unspecified atom stereocenters. The second kappa shape index (κ2) is 7.02. The quantitative estimate of drug-likeness (QED) is 0.667. The highest BCUT2D eigenvalue weighted by Crippen LogP contribution is 2.25. The SMILES string of the molecule is CCCn1c(=O)c2[nH]c(-c3ccc(NC4CC4)nc3)nc2n(CCC)c1=O. The van der Waals surface area contributed by atoms with Gasteiger partial charge in [0.2, 0.25) is 0 Å². The van der Waals surface area contributed by atoms with E-state index in [2.05, 4.69) is 20.3 Å². The van der Waals surface area contributed by atoms with Gasteiger partial charge in [-0.1, -0.05) is 13.8 Å². The predicted octanol–water partition coefficient (Wildman–Crippen LogP) is 2.34. The number of imidazole rings is 1. The molecule has 1 aliphatic carbocycles. The van der Waals surface area contributed by atoms with Gasteiger partial charge in [-0.2, -0.15) is 0 Å². The van der Waals surface area contributed by atoms with E-state index in [-0.39, 0.29) is 11.2 Å². The molecule has 3 aromatic rings. The Labute approximate surface area is 156 Å². The summed E-state index contributed by atoms with van der Waals surface area (Å²) in [6, 6.07) is 4.37. The summed E-state index contributed by atoms with van der Waals surface area (Å²) in [6.07, 6.45) is 5.60. The van der Waals surface area contributed by atoms with Crippen LogP contribution in [0.3, 0.4) is 0 Å². The Bertz CT molecular complexity index is 1070. The van der Waals surface area contributed by atoms with E-state index in [9.17, 15) is 9.59 Å². The Morgan fingerprint density at radius 2 is 1.89 bits per heavy atom. The standard InChI is InChI=1S/C19H24N6O2/c1-3-9-24-17-15(18(26)25(10-4-2)19(24)27)22-16(23-17)12-5-8-14(20-11-12)21-13-6-7-13/h5,8,11,13H,3-4,6-7,9-10H2,1-2H3,(H,20,21)(H,22,23). The molecular formula is C19H24N6O2. The molecule has 0 radical (unpaired) electrons. The van der Waals surface area contributed by atoms with Crippen LogP contribution in [-0.2, 0) is 13.1 Å². The number of aromatic amines is 1. The van der Waals surface area contributed by atoms with Crippen molar-refractivity contribution in [2.45, 2.75) is 58.7 Å². The minimum absolute atomic E-state index is 0.295. The summed E-state index contributed by atoms with van der Waals surface area (Å²) >= 11 is 0. The average molecular weight is 368 g/mol. The van der Waals surface area contributed by atoms with E-state index >= 15 is 0 Å². The zero-order valence-electron chi connectivity index (χ0n) is 15.7. The topological polar surface area (TPSA) is 97.6 Å². The summed E-state index contributed by atoms with van der Waals surface area (Å²) in [5, 5.41) is 3.34. The maximum atomic E-state index is 12.8. The smallest absolute Gasteiger partial charge is 0.332 e. The van der Waals surface area contributed by atoms with Crippen LogP contribution in [0.1, 0.15) is 39.5 Å². The van der Waals surface area contributed by atoms with Crippen molar-refractivity contribution in [1.82, 2.24) is 24.1 Å². The van der Waals surface area contributed by atoms with E-state index in [1.54, 1.807) is 10.8 Å². The molecule has 8 nitrogen and oxygen atoms in total. The van der Waals surface area contributed by atoms with E-state index in [4.69, 9.17) is 0 Å². The highest BCUT2D eigenvalue weighted by molar-refractivity contribution is 5.75. The Balaban J connectivity index is 1.80. The fourth-order valence-electron chi connectivity index (χ4n) is 3.21. The molecule has 1 aliphatic rings. The molecule has 0 aliphatic heterocycles. The number of nitrogens with zero attached hydrogens (tertiary/aromatic N) is 4. The number of H-pyrrole nitrogens is 1. The predicted molar refractivity (Wildman–Crippen MR) is 105 cm³/mol. The molecule has 0 spiro atoms. The van der Waals surface area contributed by atoms with Crippen molar-refractivity contribution in [2.75, 3.05) is 5.32 Å². The molecule has 142 valence electrons.